The zero-order valence-corrected chi connectivity index (χ0v) is 30.3. The van der Waals surface area contributed by atoms with Crippen molar-refractivity contribution >= 4 is 62.3 Å². The molecule has 0 atom stereocenters. The summed E-state index contributed by atoms with van der Waals surface area (Å²) in [5.41, 5.74) is 12.8. The molecule has 0 saturated heterocycles. The molecule has 1 aliphatic rings. The molecule has 0 bridgehead atoms. The van der Waals surface area contributed by atoms with Gasteiger partial charge in [0.1, 0.15) is 19.2 Å². The van der Waals surface area contributed by atoms with Crippen molar-refractivity contribution < 1.29 is 4.42 Å². The fourth-order valence-electron chi connectivity index (χ4n) is 8.71. The number of benzene rings is 7. The topological polar surface area (TPSA) is 43.9 Å². The van der Waals surface area contributed by atoms with E-state index in [0.717, 1.165) is 72.3 Å². The smallest absolute Gasteiger partial charge is 0.160 e. The molecule has 5 heteroatoms. The molecule has 0 unspecified atom stereocenters. The zero-order chi connectivity index (χ0) is 35.3. The second-order valence-electron chi connectivity index (χ2n) is 14.5. The average Bonchev–Trinajstić information content (AvgIpc) is 3.84. The standard InChI is InChI=1S/C48H33N3OSi/c1-53(2)42-26-12-10-20-35(42)44-45(37-23-13-21-34-33-19-9-11-25-41(33)52-46(34)37)49-47(50-48(44)53)36-22-14-24-40-43(36)38-29-31(30-15-5-3-6-16-30)27-28-39(38)51(40)32-17-7-4-8-18-32/h3-29H,1-2H3. The molecule has 0 saturated carbocycles. The van der Waals surface area contributed by atoms with Gasteiger partial charge in [-0.05, 0) is 64.3 Å². The fraction of sp³-hybridized carbons (Fsp3) is 0.0417. The van der Waals surface area contributed by atoms with E-state index >= 15 is 0 Å². The van der Waals surface area contributed by atoms with Crippen molar-refractivity contribution in [2.24, 2.45) is 0 Å². The lowest BCUT2D eigenvalue weighted by Gasteiger charge is -2.19. The summed E-state index contributed by atoms with van der Waals surface area (Å²) in [7, 11) is -2.22. The van der Waals surface area contributed by atoms with Gasteiger partial charge < -0.3 is 8.98 Å². The highest BCUT2D eigenvalue weighted by atomic mass is 28.3. The molecule has 3 aromatic heterocycles. The first-order valence-electron chi connectivity index (χ1n) is 18.2. The van der Waals surface area contributed by atoms with Crippen molar-refractivity contribution in [1.29, 1.82) is 0 Å². The van der Waals surface area contributed by atoms with Crippen LogP contribution in [0.1, 0.15) is 0 Å². The van der Waals surface area contributed by atoms with Crippen molar-refractivity contribution in [1.82, 2.24) is 14.5 Å². The van der Waals surface area contributed by atoms with Crippen molar-refractivity contribution in [2.45, 2.75) is 13.1 Å². The molecule has 53 heavy (non-hydrogen) atoms. The lowest BCUT2D eigenvalue weighted by atomic mass is 9.98. The maximum absolute atomic E-state index is 6.67. The molecule has 4 heterocycles. The normalized spacial score (nSPS) is 13.2. The molecule has 11 rings (SSSR count). The van der Waals surface area contributed by atoms with Crippen LogP contribution in [0.5, 0.6) is 0 Å². The highest BCUT2D eigenvalue weighted by molar-refractivity contribution is 7.03. The van der Waals surface area contributed by atoms with E-state index in [9.17, 15) is 0 Å². The van der Waals surface area contributed by atoms with Crippen LogP contribution in [0.25, 0.3) is 94.3 Å². The van der Waals surface area contributed by atoms with Crippen molar-refractivity contribution in [3.63, 3.8) is 0 Å². The van der Waals surface area contributed by atoms with E-state index in [1.165, 1.54) is 32.6 Å². The Balaban J connectivity index is 1.26. The molecular formula is C48H33N3OSi. The highest BCUT2D eigenvalue weighted by Crippen LogP contribution is 2.44. The van der Waals surface area contributed by atoms with Crippen molar-refractivity contribution in [3.8, 4) is 50.6 Å². The first kappa shape index (κ1) is 30.1. The molecule has 10 aromatic rings. The van der Waals surface area contributed by atoms with Gasteiger partial charge in [-0.3, -0.25) is 0 Å². The second-order valence-corrected chi connectivity index (χ2v) is 18.8. The monoisotopic (exact) mass is 695 g/mol. The zero-order valence-electron chi connectivity index (χ0n) is 29.3. The van der Waals surface area contributed by atoms with E-state index in [2.05, 4.69) is 169 Å². The summed E-state index contributed by atoms with van der Waals surface area (Å²) in [5, 5.41) is 7.08. The summed E-state index contributed by atoms with van der Waals surface area (Å²) in [6, 6.07) is 58.3. The fourth-order valence-corrected chi connectivity index (χ4v) is 11.6. The predicted octanol–water partition coefficient (Wildman–Crippen LogP) is 11.3. The lowest BCUT2D eigenvalue weighted by molar-refractivity contribution is 0.670. The van der Waals surface area contributed by atoms with Gasteiger partial charge in [-0.1, -0.05) is 134 Å². The molecule has 250 valence electrons. The molecule has 0 amide bonds. The van der Waals surface area contributed by atoms with Crippen LogP contribution in [-0.2, 0) is 0 Å². The van der Waals surface area contributed by atoms with Crippen LogP contribution < -0.4 is 10.5 Å². The van der Waals surface area contributed by atoms with E-state index in [-0.39, 0.29) is 0 Å². The summed E-state index contributed by atoms with van der Waals surface area (Å²) in [4.78, 5) is 11.3. The Morgan fingerprint density at radius 3 is 2.09 bits per heavy atom. The third-order valence-electron chi connectivity index (χ3n) is 11.2. The van der Waals surface area contributed by atoms with Crippen molar-refractivity contribution in [3.05, 3.63) is 164 Å². The van der Waals surface area contributed by atoms with Gasteiger partial charge in [0.15, 0.2) is 5.82 Å². The second kappa shape index (κ2) is 11.2. The number of aromatic nitrogens is 3. The van der Waals surface area contributed by atoms with Crippen molar-refractivity contribution in [2.75, 3.05) is 0 Å². The largest absolute Gasteiger partial charge is 0.455 e. The van der Waals surface area contributed by atoms with Crippen LogP contribution in [0.4, 0.5) is 0 Å². The number of nitrogens with zero attached hydrogens (tertiary/aromatic N) is 3. The number of furan rings is 1. The third kappa shape index (κ3) is 4.35. The molecule has 4 nitrogen and oxygen atoms in total. The first-order valence-corrected chi connectivity index (χ1v) is 21.2. The average molecular weight is 696 g/mol. The summed E-state index contributed by atoms with van der Waals surface area (Å²) in [6.07, 6.45) is 0. The molecular weight excluding hydrogens is 663 g/mol. The number of rotatable bonds is 4. The van der Waals surface area contributed by atoms with Gasteiger partial charge >= 0.3 is 0 Å². The molecule has 7 aromatic carbocycles. The van der Waals surface area contributed by atoms with E-state index in [1.807, 2.05) is 12.1 Å². The Labute approximate surface area is 307 Å². The summed E-state index contributed by atoms with van der Waals surface area (Å²) < 4.78 is 9.04. The molecule has 0 N–H and O–H groups in total. The molecule has 1 aliphatic heterocycles. The van der Waals surface area contributed by atoms with E-state index in [1.54, 1.807) is 0 Å². The maximum Gasteiger partial charge on any atom is 0.160 e. The first-order chi connectivity index (χ1) is 26.1. The van der Waals surface area contributed by atoms with Gasteiger partial charge in [0.2, 0.25) is 0 Å². The number of hydrogen-bond donors (Lipinski definition) is 0. The minimum atomic E-state index is -2.22. The van der Waals surface area contributed by atoms with Gasteiger partial charge in [0, 0.05) is 49.2 Å². The Hall–Kier alpha value is -6.56. The van der Waals surface area contributed by atoms with Crippen LogP contribution in [-0.4, -0.2) is 22.6 Å². The number of fused-ring (bicyclic) bond motifs is 9. The molecule has 0 fully saturated rings. The third-order valence-corrected chi connectivity index (χ3v) is 14.5. The van der Waals surface area contributed by atoms with Crippen LogP contribution >= 0.6 is 0 Å². The molecule has 0 aliphatic carbocycles. The minimum Gasteiger partial charge on any atom is -0.455 e. The minimum absolute atomic E-state index is 0.739. The number of hydrogen-bond acceptors (Lipinski definition) is 3. The van der Waals surface area contributed by atoms with Gasteiger partial charge in [0.25, 0.3) is 0 Å². The Kier molecular flexibility index (Phi) is 6.37. The quantitative estimate of drug-likeness (QED) is 0.172. The van der Waals surface area contributed by atoms with Gasteiger partial charge in [0.05, 0.1) is 16.7 Å². The molecule has 0 spiro atoms. The summed E-state index contributed by atoms with van der Waals surface area (Å²) in [5.74, 6) is 0.739. The lowest BCUT2D eigenvalue weighted by Crippen LogP contribution is -2.50. The van der Waals surface area contributed by atoms with E-state index in [0.29, 0.717) is 0 Å². The summed E-state index contributed by atoms with van der Waals surface area (Å²) in [6.45, 7) is 4.85. The van der Waals surface area contributed by atoms with Gasteiger partial charge in [-0.2, -0.15) is 0 Å². The Bertz CT molecular complexity index is 3090. The highest BCUT2D eigenvalue weighted by Gasteiger charge is 2.42. The number of para-hydroxylation sites is 3. The van der Waals surface area contributed by atoms with Crippen LogP contribution in [0.2, 0.25) is 13.1 Å². The van der Waals surface area contributed by atoms with E-state index in [4.69, 9.17) is 14.4 Å². The Morgan fingerprint density at radius 2 is 1.23 bits per heavy atom. The predicted molar refractivity (Wildman–Crippen MR) is 222 cm³/mol. The Morgan fingerprint density at radius 1 is 0.528 bits per heavy atom. The SMILES string of the molecule is C[Si]1(C)c2ccccc2-c2c(-c3cccc4c3oc3ccccc34)nc(-c3cccc4c3c3cc(-c5ccccc5)ccc3n4-c3ccccc3)nc21. The van der Waals surface area contributed by atoms with Crippen LogP contribution in [0, 0.1) is 0 Å². The molecule has 0 radical (unpaired) electrons. The van der Waals surface area contributed by atoms with Crippen LogP contribution in [0.3, 0.4) is 0 Å². The summed E-state index contributed by atoms with van der Waals surface area (Å²) >= 11 is 0. The van der Waals surface area contributed by atoms with Gasteiger partial charge in [-0.15, -0.1) is 0 Å². The van der Waals surface area contributed by atoms with Gasteiger partial charge in [-0.25, -0.2) is 9.97 Å². The van der Waals surface area contributed by atoms with E-state index < -0.39 is 8.07 Å². The maximum atomic E-state index is 6.67. The van der Waals surface area contributed by atoms with Crippen LogP contribution in [0.15, 0.2) is 168 Å².